The number of carboxylic acids is 1. The Labute approximate surface area is 258 Å². The summed E-state index contributed by atoms with van der Waals surface area (Å²) in [5, 5.41) is 11.2. The number of allylic oxidation sites excluding steroid dienone is 2. The van der Waals surface area contributed by atoms with Crippen molar-refractivity contribution in [2.45, 2.75) is 18.6 Å². The average molecular weight is 634 g/mol. The molecule has 234 valence electrons. The van der Waals surface area contributed by atoms with Gasteiger partial charge < -0.3 is 19.9 Å². The van der Waals surface area contributed by atoms with Gasteiger partial charge in [-0.25, -0.2) is 0 Å². The van der Waals surface area contributed by atoms with Crippen molar-refractivity contribution in [1.82, 2.24) is 5.32 Å². The standard InChI is InChI=1S/C34H23F4NO7/c35-33(36)34(37,38)46-29-18-25(14-15-28(29)45-33)27(40)19-26(22-8-6-21(7-9-22)20-4-2-1-3-5-20)31(43)23-10-12-24(13-11-23)32(44)39-17-16-30(41)42/h1-15,18-19H,16-17H2,(H,39,44)(H,41,42)/b26-19-. The number of carbonyl (C=O) groups is 4. The number of halogens is 4. The van der Waals surface area contributed by atoms with Gasteiger partial charge in [0, 0.05) is 28.8 Å². The largest absolute Gasteiger partial charge is 0.507 e. The average Bonchev–Trinajstić information content (AvgIpc) is 3.03. The molecule has 0 fully saturated rings. The van der Waals surface area contributed by atoms with Crippen LogP contribution in [0.25, 0.3) is 16.7 Å². The lowest BCUT2D eigenvalue weighted by molar-refractivity contribution is -0.391. The second-order valence-electron chi connectivity index (χ2n) is 10.1. The number of alkyl halides is 4. The van der Waals surface area contributed by atoms with Crippen LogP contribution in [0, 0.1) is 0 Å². The number of carboxylic acid groups (broad SMARTS) is 1. The second kappa shape index (κ2) is 12.7. The molecule has 0 radical (unpaired) electrons. The third kappa shape index (κ3) is 6.80. The van der Waals surface area contributed by atoms with Gasteiger partial charge >= 0.3 is 18.2 Å². The summed E-state index contributed by atoms with van der Waals surface area (Å²) in [5.74, 6) is -4.56. The van der Waals surface area contributed by atoms with E-state index in [1.54, 1.807) is 24.3 Å². The van der Waals surface area contributed by atoms with E-state index in [9.17, 15) is 36.7 Å². The Bertz CT molecular complexity index is 1840. The fraction of sp³-hybridized carbons (Fsp3) is 0.118. The smallest absolute Gasteiger partial charge is 0.481 e. The van der Waals surface area contributed by atoms with Crippen LogP contribution in [0.1, 0.15) is 43.1 Å². The predicted octanol–water partition coefficient (Wildman–Crippen LogP) is 6.66. The Morgan fingerprint density at radius 2 is 1.22 bits per heavy atom. The molecule has 0 aliphatic carbocycles. The van der Waals surface area contributed by atoms with Gasteiger partial charge in [-0.1, -0.05) is 66.7 Å². The highest BCUT2D eigenvalue weighted by Gasteiger charge is 2.66. The van der Waals surface area contributed by atoms with Crippen LogP contribution in [0.5, 0.6) is 11.5 Å². The molecule has 0 spiro atoms. The summed E-state index contributed by atoms with van der Waals surface area (Å²) in [5.41, 5.74) is 1.98. The zero-order valence-corrected chi connectivity index (χ0v) is 23.6. The fourth-order valence-electron chi connectivity index (χ4n) is 4.50. The second-order valence-corrected chi connectivity index (χ2v) is 10.1. The molecule has 12 heteroatoms. The van der Waals surface area contributed by atoms with Gasteiger partial charge in [-0.05, 0) is 53.1 Å². The van der Waals surface area contributed by atoms with Gasteiger partial charge in [0.05, 0.1) is 6.42 Å². The SMILES string of the molecule is O=C(O)CCNC(=O)c1ccc(C(=O)/C(=C\C(=O)c2ccc3c(c2)OC(F)(F)C(F)(F)O3)c2ccc(-c3ccccc3)cc2)cc1. The van der Waals surface area contributed by atoms with Gasteiger partial charge in [0.15, 0.2) is 23.1 Å². The molecule has 0 saturated carbocycles. The van der Waals surface area contributed by atoms with E-state index in [0.717, 1.165) is 35.4 Å². The summed E-state index contributed by atoms with van der Waals surface area (Å²) >= 11 is 0. The number of nitrogens with one attached hydrogen (secondary N) is 1. The molecule has 8 nitrogen and oxygen atoms in total. The predicted molar refractivity (Wildman–Crippen MR) is 157 cm³/mol. The number of ether oxygens (including phenoxy) is 2. The molecule has 46 heavy (non-hydrogen) atoms. The van der Waals surface area contributed by atoms with Crippen molar-refractivity contribution >= 4 is 29.0 Å². The van der Waals surface area contributed by atoms with Gasteiger partial charge in [-0.15, -0.1) is 0 Å². The van der Waals surface area contributed by atoms with Crippen LogP contribution in [-0.2, 0) is 4.79 Å². The number of amides is 1. The van der Waals surface area contributed by atoms with Crippen molar-refractivity contribution in [3.63, 3.8) is 0 Å². The van der Waals surface area contributed by atoms with Crippen molar-refractivity contribution in [3.8, 4) is 22.6 Å². The molecule has 4 aromatic rings. The lowest BCUT2D eigenvalue weighted by Gasteiger charge is -2.31. The van der Waals surface area contributed by atoms with E-state index in [0.29, 0.717) is 5.56 Å². The molecule has 1 amide bonds. The molecule has 0 bridgehead atoms. The molecule has 0 aromatic heterocycles. The van der Waals surface area contributed by atoms with Crippen molar-refractivity contribution in [2.24, 2.45) is 0 Å². The van der Waals surface area contributed by atoms with Crippen LogP contribution < -0.4 is 14.8 Å². The first-order valence-electron chi connectivity index (χ1n) is 13.7. The maximum Gasteiger partial charge on any atom is 0.507 e. The van der Waals surface area contributed by atoms with Crippen LogP contribution in [0.2, 0.25) is 0 Å². The molecule has 0 unspecified atom stereocenters. The highest BCUT2D eigenvalue weighted by molar-refractivity contribution is 6.32. The summed E-state index contributed by atoms with van der Waals surface area (Å²) in [6.07, 6.45) is -9.19. The number of rotatable bonds is 10. The highest BCUT2D eigenvalue weighted by atomic mass is 19.3. The van der Waals surface area contributed by atoms with Crippen molar-refractivity contribution < 1.29 is 51.3 Å². The summed E-state index contributed by atoms with van der Waals surface area (Å²) in [6.45, 7) is -0.0945. The molecule has 0 atom stereocenters. The summed E-state index contributed by atoms with van der Waals surface area (Å²) < 4.78 is 62.9. The molecule has 1 aliphatic heterocycles. The van der Waals surface area contributed by atoms with Crippen molar-refractivity contribution in [1.29, 1.82) is 0 Å². The molecular weight excluding hydrogens is 610 g/mol. The molecule has 4 aromatic carbocycles. The van der Waals surface area contributed by atoms with Gasteiger partial charge in [-0.3, -0.25) is 19.2 Å². The first kappa shape index (κ1) is 31.6. The topological polar surface area (TPSA) is 119 Å². The molecule has 0 saturated heterocycles. The lowest BCUT2D eigenvalue weighted by Crippen LogP contribution is -2.52. The van der Waals surface area contributed by atoms with Crippen LogP contribution in [0.15, 0.2) is 103 Å². The fourth-order valence-corrected chi connectivity index (χ4v) is 4.50. The van der Waals surface area contributed by atoms with E-state index in [-0.39, 0.29) is 35.2 Å². The Morgan fingerprint density at radius 1 is 0.674 bits per heavy atom. The first-order valence-corrected chi connectivity index (χ1v) is 13.7. The minimum Gasteiger partial charge on any atom is -0.481 e. The number of ketones is 2. The van der Waals surface area contributed by atoms with Crippen LogP contribution in [0.4, 0.5) is 17.6 Å². The van der Waals surface area contributed by atoms with Crippen LogP contribution in [0.3, 0.4) is 0 Å². The number of carbonyl (C=O) groups excluding carboxylic acids is 3. The first-order chi connectivity index (χ1) is 21.8. The number of fused-ring (bicyclic) bond motifs is 1. The number of benzene rings is 4. The summed E-state index contributed by atoms with van der Waals surface area (Å²) in [7, 11) is 0. The Kier molecular flexibility index (Phi) is 8.72. The Morgan fingerprint density at radius 3 is 1.85 bits per heavy atom. The van der Waals surface area contributed by atoms with E-state index >= 15 is 0 Å². The third-order valence-corrected chi connectivity index (χ3v) is 6.90. The summed E-state index contributed by atoms with van der Waals surface area (Å²) in [6, 6.07) is 24.3. The highest BCUT2D eigenvalue weighted by Crippen LogP contribution is 2.47. The van der Waals surface area contributed by atoms with Gasteiger partial charge in [0.25, 0.3) is 5.91 Å². The minimum atomic E-state index is -4.99. The van der Waals surface area contributed by atoms with E-state index in [4.69, 9.17) is 5.11 Å². The van der Waals surface area contributed by atoms with E-state index in [1.807, 2.05) is 30.3 Å². The van der Waals surface area contributed by atoms with E-state index < -0.39 is 47.2 Å². The third-order valence-electron chi connectivity index (χ3n) is 6.90. The van der Waals surface area contributed by atoms with E-state index in [2.05, 4.69) is 14.8 Å². The maximum atomic E-state index is 13.8. The molecule has 1 aliphatic rings. The number of Topliss-reactive ketones (excluding diaryl/α,β-unsaturated/α-hetero) is 1. The van der Waals surface area contributed by atoms with Crippen molar-refractivity contribution in [3.05, 3.63) is 125 Å². The van der Waals surface area contributed by atoms with E-state index in [1.165, 1.54) is 24.3 Å². The lowest BCUT2D eigenvalue weighted by atomic mass is 9.92. The zero-order valence-electron chi connectivity index (χ0n) is 23.6. The van der Waals surface area contributed by atoms with Crippen LogP contribution >= 0.6 is 0 Å². The zero-order chi connectivity index (χ0) is 33.1. The van der Waals surface area contributed by atoms with Crippen LogP contribution in [-0.4, -0.2) is 47.3 Å². The molecule has 2 N–H and O–H groups in total. The normalized spacial score (nSPS) is 14.7. The van der Waals surface area contributed by atoms with Gasteiger partial charge in [0.1, 0.15) is 0 Å². The maximum absolute atomic E-state index is 13.8. The Hall–Kier alpha value is -5.78. The monoisotopic (exact) mass is 633 g/mol. The number of hydrogen-bond acceptors (Lipinski definition) is 6. The van der Waals surface area contributed by atoms with Gasteiger partial charge in [-0.2, -0.15) is 17.6 Å². The molecular formula is C34H23F4NO7. The quantitative estimate of drug-likeness (QED) is 0.114. The number of hydrogen-bond donors (Lipinski definition) is 2. The van der Waals surface area contributed by atoms with Gasteiger partial charge in [0.2, 0.25) is 0 Å². The Balaban J connectivity index is 1.47. The molecule has 1 heterocycles. The molecule has 5 rings (SSSR count). The minimum absolute atomic E-state index is 0.0879. The van der Waals surface area contributed by atoms with Crippen molar-refractivity contribution in [2.75, 3.05) is 6.54 Å². The number of aliphatic carboxylic acids is 1. The summed E-state index contributed by atoms with van der Waals surface area (Å²) in [4.78, 5) is 50.2.